The van der Waals surface area contributed by atoms with Crippen molar-refractivity contribution < 1.29 is 4.92 Å². The molecule has 21 heavy (non-hydrogen) atoms. The van der Waals surface area contributed by atoms with Gasteiger partial charge >= 0.3 is 0 Å². The van der Waals surface area contributed by atoms with Gasteiger partial charge in [0.2, 0.25) is 0 Å². The number of non-ortho nitro benzene ring substituents is 1. The van der Waals surface area contributed by atoms with Gasteiger partial charge in [0, 0.05) is 18.7 Å². The summed E-state index contributed by atoms with van der Waals surface area (Å²) in [6, 6.07) is 4.76. The molecule has 0 amide bonds. The minimum Gasteiger partial charge on any atom is -0.324 e. The predicted molar refractivity (Wildman–Crippen MR) is 86.0 cm³/mol. The zero-order chi connectivity index (χ0) is 15.7. The molecule has 0 aromatic heterocycles. The number of nitrogens with two attached hydrogens (primary N) is 1. The molecule has 6 nitrogen and oxygen atoms in total. The van der Waals surface area contributed by atoms with E-state index >= 15 is 0 Å². The Kier molecular flexibility index (Phi) is 7.71. The van der Waals surface area contributed by atoms with Crippen LogP contribution in [0.25, 0.3) is 0 Å². The van der Waals surface area contributed by atoms with Crippen molar-refractivity contribution in [1.29, 1.82) is 0 Å². The average molecular weight is 294 g/mol. The summed E-state index contributed by atoms with van der Waals surface area (Å²) < 4.78 is 0. The summed E-state index contributed by atoms with van der Waals surface area (Å²) in [7, 11) is 0. The third-order valence-electron chi connectivity index (χ3n) is 3.50. The van der Waals surface area contributed by atoms with E-state index in [1.165, 1.54) is 6.07 Å². The highest BCUT2D eigenvalue weighted by Gasteiger charge is 2.13. The second-order valence-electron chi connectivity index (χ2n) is 5.23. The number of nitro groups is 1. The molecule has 3 N–H and O–H groups in total. The van der Waals surface area contributed by atoms with Gasteiger partial charge in [-0.3, -0.25) is 20.9 Å². The first-order chi connectivity index (χ1) is 10.1. The van der Waals surface area contributed by atoms with Crippen LogP contribution < -0.4 is 11.3 Å². The highest BCUT2D eigenvalue weighted by atomic mass is 16.6. The van der Waals surface area contributed by atoms with Gasteiger partial charge in [0.15, 0.2) is 0 Å². The van der Waals surface area contributed by atoms with Gasteiger partial charge in [-0.1, -0.05) is 26.7 Å². The average Bonchev–Trinajstić information content (AvgIpc) is 2.49. The lowest BCUT2D eigenvalue weighted by atomic mass is 10.1. The van der Waals surface area contributed by atoms with Crippen molar-refractivity contribution in [3.8, 4) is 0 Å². The number of hydrogen-bond acceptors (Lipinski definition) is 5. The van der Waals surface area contributed by atoms with Crippen molar-refractivity contribution in [2.45, 2.75) is 46.1 Å². The molecule has 0 bridgehead atoms. The van der Waals surface area contributed by atoms with Crippen molar-refractivity contribution in [2.24, 2.45) is 5.84 Å². The van der Waals surface area contributed by atoms with E-state index in [1.807, 2.05) is 0 Å². The van der Waals surface area contributed by atoms with Gasteiger partial charge in [-0.05, 0) is 37.6 Å². The molecule has 0 saturated carbocycles. The first-order valence-electron chi connectivity index (χ1n) is 7.58. The third kappa shape index (κ3) is 5.69. The summed E-state index contributed by atoms with van der Waals surface area (Å²) in [4.78, 5) is 12.9. The number of anilines is 1. The van der Waals surface area contributed by atoms with E-state index in [0.29, 0.717) is 6.54 Å². The van der Waals surface area contributed by atoms with Crippen LogP contribution in [-0.4, -0.2) is 22.9 Å². The minimum atomic E-state index is -0.369. The molecule has 1 aromatic carbocycles. The van der Waals surface area contributed by atoms with E-state index in [2.05, 4.69) is 24.2 Å². The number of hydrazine groups is 1. The number of nitro benzene ring substituents is 1. The van der Waals surface area contributed by atoms with E-state index < -0.39 is 0 Å². The molecule has 0 radical (unpaired) electrons. The minimum absolute atomic E-state index is 0.106. The van der Waals surface area contributed by atoms with Crippen LogP contribution in [0.2, 0.25) is 0 Å². The van der Waals surface area contributed by atoms with E-state index in [0.717, 1.165) is 50.0 Å². The summed E-state index contributed by atoms with van der Waals surface area (Å²) in [6.07, 6.45) is 4.53. The number of nitrogens with one attached hydrogen (secondary N) is 1. The van der Waals surface area contributed by atoms with Crippen LogP contribution in [0.5, 0.6) is 0 Å². The van der Waals surface area contributed by atoms with Crippen LogP contribution in [0.15, 0.2) is 18.2 Å². The van der Waals surface area contributed by atoms with E-state index in [-0.39, 0.29) is 10.6 Å². The number of hydrogen-bond donors (Lipinski definition) is 2. The number of rotatable bonds is 10. The van der Waals surface area contributed by atoms with E-state index in [1.54, 1.807) is 12.1 Å². The normalized spacial score (nSPS) is 10.9. The Balaban J connectivity index is 2.88. The first kappa shape index (κ1) is 17.4. The van der Waals surface area contributed by atoms with E-state index in [4.69, 9.17) is 5.84 Å². The van der Waals surface area contributed by atoms with Crippen molar-refractivity contribution in [3.63, 3.8) is 0 Å². The van der Waals surface area contributed by atoms with Crippen LogP contribution in [0.3, 0.4) is 0 Å². The monoisotopic (exact) mass is 294 g/mol. The molecule has 0 aliphatic heterocycles. The molecule has 0 fully saturated rings. The Hall–Kier alpha value is -1.66. The predicted octanol–water partition coefficient (Wildman–Crippen LogP) is 3.28. The molecule has 0 aliphatic carbocycles. The van der Waals surface area contributed by atoms with Gasteiger partial charge in [-0.15, -0.1) is 0 Å². The zero-order valence-corrected chi connectivity index (χ0v) is 13.0. The topological polar surface area (TPSA) is 84.4 Å². The van der Waals surface area contributed by atoms with Gasteiger partial charge in [-0.2, -0.15) is 0 Å². The molecule has 1 aromatic rings. The van der Waals surface area contributed by atoms with E-state index in [9.17, 15) is 10.1 Å². The Morgan fingerprint density at radius 1 is 1.24 bits per heavy atom. The van der Waals surface area contributed by atoms with Crippen molar-refractivity contribution in [2.75, 3.05) is 18.5 Å². The maximum Gasteiger partial charge on any atom is 0.269 e. The van der Waals surface area contributed by atoms with Crippen molar-refractivity contribution in [3.05, 3.63) is 33.9 Å². The number of benzene rings is 1. The second-order valence-corrected chi connectivity index (χ2v) is 5.23. The van der Waals surface area contributed by atoms with Gasteiger partial charge in [-0.25, -0.2) is 0 Å². The Bertz CT molecular complexity index is 443. The Morgan fingerprint density at radius 2 is 1.86 bits per heavy atom. The second kappa shape index (κ2) is 9.31. The lowest BCUT2D eigenvalue weighted by molar-refractivity contribution is -0.384. The molecule has 6 heteroatoms. The maximum absolute atomic E-state index is 10.9. The molecular weight excluding hydrogens is 268 g/mol. The smallest absolute Gasteiger partial charge is 0.269 e. The Morgan fingerprint density at radius 3 is 2.33 bits per heavy atom. The SMILES string of the molecule is CCCCN(CCCC)Cc1cc([N+](=O)[O-])ccc1NN. The van der Waals surface area contributed by atoms with Gasteiger partial charge in [0.25, 0.3) is 5.69 Å². The third-order valence-corrected chi connectivity index (χ3v) is 3.50. The summed E-state index contributed by atoms with van der Waals surface area (Å²) in [6.45, 7) is 7.02. The Labute approximate surface area is 126 Å². The quantitative estimate of drug-likeness (QED) is 0.393. The fourth-order valence-corrected chi connectivity index (χ4v) is 2.24. The fourth-order valence-electron chi connectivity index (χ4n) is 2.24. The number of nitrogens with zero attached hydrogens (tertiary/aromatic N) is 2. The molecule has 1 rings (SSSR count). The van der Waals surface area contributed by atoms with Crippen molar-refractivity contribution >= 4 is 11.4 Å². The summed E-state index contributed by atoms with van der Waals surface area (Å²) >= 11 is 0. The molecule has 0 heterocycles. The summed E-state index contributed by atoms with van der Waals surface area (Å²) in [5.41, 5.74) is 4.36. The molecule has 0 aliphatic rings. The van der Waals surface area contributed by atoms with Crippen LogP contribution in [0.1, 0.15) is 45.1 Å². The molecule has 118 valence electrons. The lowest BCUT2D eigenvalue weighted by Crippen LogP contribution is -2.26. The van der Waals surface area contributed by atoms with Crippen LogP contribution in [0.4, 0.5) is 11.4 Å². The van der Waals surface area contributed by atoms with Crippen molar-refractivity contribution in [1.82, 2.24) is 4.90 Å². The van der Waals surface area contributed by atoms with Crippen LogP contribution in [-0.2, 0) is 6.54 Å². The van der Waals surface area contributed by atoms with Crippen LogP contribution in [0, 0.1) is 10.1 Å². The lowest BCUT2D eigenvalue weighted by Gasteiger charge is -2.23. The molecule has 0 unspecified atom stereocenters. The molecule has 0 spiro atoms. The fraction of sp³-hybridized carbons (Fsp3) is 0.600. The largest absolute Gasteiger partial charge is 0.324 e. The number of nitrogen functional groups attached to an aromatic ring is 1. The van der Waals surface area contributed by atoms with Gasteiger partial charge in [0.05, 0.1) is 10.6 Å². The molecular formula is C15H26N4O2. The molecule has 0 atom stereocenters. The maximum atomic E-state index is 10.9. The summed E-state index contributed by atoms with van der Waals surface area (Å²) in [5, 5.41) is 10.9. The summed E-state index contributed by atoms with van der Waals surface area (Å²) in [5.74, 6) is 5.51. The van der Waals surface area contributed by atoms with Gasteiger partial charge in [0.1, 0.15) is 0 Å². The standard InChI is InChI=1S/C15H26N4O2/c1-3-5-9-18(10-6-4-2)12-13-11-14(19(20)21)7-8-15(13)17-16/h7-8,11,17H,3-6,9-10,12,16H2,1-2H3. The first-order valence-corrected chi connectivity index (χ1v) is 7.58. The number of unbranched alkanes of at least 4 members (excludes halogenated alkanes) is 2. The van der Waals surface area contributed by atoms with Crippen LogP contribution >= 0.6 is 0 Å². The van der Waals surface area contributed by atoms with Gasteiger partial charge < -0.3 is 5.43 Å². The highest BCUT2D eigenvalue weighted by Crippen LogP contribution is 2.23. The highest BCUT2D eigenvalue weighted by molar-refractivity contribution is 5.55. The molecule has 0 saturated heterocycles. The zero-order valence-electron chi connectivity index (χ0n) is 13.0.